The minimum Gasteiger partial charge on any atom is -0.397 e. The van der Waals surface area contributed by atoms with E-state index in [0.717, 1.165) is 6.20 Å². The Labute approximate surface area is 83.1 Å². The van der Waals surface area contributed by atoms with Crippen molar-refractivity contribution in [3.63, 3.8) is 0 Å². The summed E-state index contributed by atoms with van der Waals surface area (Å²) in [7, 11) is 0. The van der Waals surface area contributed by atoms with Gasteiger partial charge < -0.3 is 10.5 Å². The van der Waals surface area contributed by atoms with Crippen LogP contribution in [0.5, 0.6) is 5.88 Å². The largest absolute Gasteiger partial charge is 0.574 e. The molecule has 0 atom stereocenters. The van der Waals surface area contributed by atoms with Crippen LogP contribution in [0.1, 0.15) is 11.1 Å². The van der Waals surface area contributed by atoms with Crippen LogP contribution in [0.4, 0.5) is 18.9 Å². The molecule has 4 nitrogen and oxygen atoms in total. The van der Waals surface area contributed by atoms with Gasteiger partial charge in [-0.25, -0.2) is 4.98 Å². The predicted octanol–water partition coefficient (Wildman–Crippen LogP) is 1.74. The van der Waals surface area contributed by atoms with Crippen molar-refractivity contribution in [1.29, 1.82) is 5.26 Å². The average molecular weight is 217 g/mol. The van der Waals surface area contributed by atoms with Crippen molar-refractivity contribution < 1.29 is 17.9 Å². The Morgan fingerprint density at radius 3 is 2.60 bits per heavy atom. The van der Waals surface area contributed by atoms with Crippen molar-refractivity contribution in [2.45, 2.75) is 13.3 Å². The van der Waals surface area contributed by atoms with E-state index in [1.807, 2.05) is 0 Å². The second-order valence-electron chi connectivity index (χ2n) is 2.68. The van der Waals surface area contributed by atoms with E-state index in [4.69, 9.17) is 11.0 Å². The van der Waals surface area contributed by atoms with E-state index in [9.17, 15) is 13.2 Å². The molecule has 80 valence electrons. The van der Waals surface area contributed by atoms with E-state index in [0.29, 0.717) is 0 Å². The minimum absolute atomic E-state index is 0.140. The van der Waals surface area contributed by atoms with Crippen LogP contribution in [0.15, 0.2) is 6.20 Å². The van der Waals surface area contributed by atoms with Gasteiger partial charge in [-0.1, -0.05) is 0 Å². The summed E-state index contributed by atoms with van der Waals surface area (Å²) in [6.07, 6.45) is -3.86. The highest BCUT2D eigenvalue weighted by Gasteiger charge is 2.33. The number of pyridine rings is 1. The molecule has 0 radical (unpaired) electrons. The Kier molecular flexibility index (Phi) is 2.70. The van der Waals surface area contributed by atoms with Crippen LogP contribution in [0, 0.1) is 18.3 Å². The Hall–Kier alpha value is -1.97. The Bertz CT molecular complexity index is 422. The fourth-order valence-electron chi connectivity index (χ4n) is 0.913. The van der Waals surface area contributed by atoms with Crippen molar-refractivity contribution in [3.8, 4) is 11.9 Å². The molecule has 1 heterocycles. The maximum absolute atomic E-state index is 11.9. The number of hydrogen-bond donors (Lipinski definition) is 1. The molecular weight excluding hydrogens is 211 g/mol. The lowest BCUT2D eigenvalue weighted by molar-refractivity contribution is -0.276. The maximum atomic E-state index is 11.9. The van der Waals surface area contributed by atoms with Gasteiger partial charge in [-0.05, 0) is 12.5 Å². The molecule has 0 amide bonds. The normalized spacial score (nSPS) is 10.9. The maximum Gasteiger partial charge on any atom is 0.574 e. The fourth-order valence-corrected chi connectivity index (χ4v) is 0.913. The first-order chi connectivity index (χ1) is 6.85. The van der Waals surface area contributed by atoms with Crippen molar-refractivity contribution in [2.24, 2.45) is 0 Å². The highest BCUT2D eigenvalue weighted by Crippen LogP contribution is 2.27. The van der Waals surface area contributed by atoms with Crippen LogP contribution in [-0.2, 0) is 0 Å². The number of nitriles is 1. The first-order valence-electron chi connectivity index (χ1n) is 3.76. The number of ether oxygens (including phenoxy) is 1. The summed E-state index contributed by atoms with van der Waals surface area (Å²) >= 11 is 0. The van der Waals surface area contributed by atoms with Crippen LogP contribution >= 0.6 is 0 Å². The van der Waals surface area contributed by atoms with E-state index >= 15 is 0 Å². The molecule has 0 aliphatic rings. The van der Waals surface area contributed by atoms with Gasteiger partial charge in [0, 0.05) is 0 Å². The zero-order valence-corrected chi connectivity index (χ0v) is 7.59. The lowest BCUT2D eigenvalue weighted by Crippen LogP contribution is -2.19. The number of nitrogens with two attached hydrogens (primary N) is 1. The molecular formula is C8H6F3N3O. The van der Waals surface area contributed by atoms with E-state index in [1.54, 1.807) is 6.07 Å². The molecule has 1 rings (SSSR count). The summed E-state index contributed by atoms with van der Waals surface area (Å²) in [6.45, 7) is 1.42. The van der Waals surface area contributed by atoms with Gasteiger partial charge in [0.25, 0.3) is 0 Å². The van der Waals surface area contributed by atoms with Crippen molar-refractivity contribution in [2.75, 3.05) is 5.73 Å². The molecule has 0 bridgehead atoms. The lowest BCUT2D eigenvalue weighted by atomic mass is 10.1. The summed E-state index contributed by atoms with van der Waals surface area (Å²) in [6, 6.07) is 1.56. The van der Waals surface area contributed by atoms with Crippen molar-refractivity contribution >= 4 is 5.69 Å². The smallest absolute Gasteiger partial charge is 0.397 e. The zero-order valence-electron chi connectivity index (χ0n) is 7.59. The van der Waals surface area contributed by atoms with E-state index in [2.05, 4.69) is 9.72 Å². The third kappa shape index (κ3) is 2.49. The van der Waals surface area contributed by atoms with Crippen LogP contribution in [0.25, 0.3) is 0 Å². The highest BCUT2D eigenvalue weighted by molar-refractivity contribution is 5.56. The van der Waals surface area contributed by atoms with E-state index < -0.39 is 12.2 Å². The lowest BCUT2D eigenvalue weighted by Gasteiger charge is -2.10. The molecule has 2 N–H and O–H groups in total. The number of nitrogen functional groups attached to an aromatic ring is 1. The predicted molar refractivity (Wildman–Crippen MR) is 44.8 cm³/mol. The summed E-state index contributed by atoms with van der Waals surface area (Å²) in [4.78, 5) is 3.31. The van der Waals surface area contributed by atoms with Gasteiger partial charge in [0.1, 0.15) is 11.6 Å². The number of anilines is 1. The molecule has 1 aromatic heterocycles. The third-order valence-electron chi connectivity index (χ3n) is 1.67. The topological polar surface area (TPSA) is 71.9 Å². The van der Waals surface area contributed by atoms with Crippen LogP contribution in [-0.4, -0.2) is 11.3 Å². The third-order valence-corrected chi connectivity index (χ3v) is 1.67. The SMILES string of the molecule is Cc1c(N)cnc(OC(F)(F)F)c1C#N. The Morgan fingerprint density at radius 1 is 1.53 bits per heavy atom. The molecule has 0 aromatic carbocycles. The number of nitrogens with zero attached hydrogens (tertiary/aromatic N) is 2. The number of rotatable bonds is 1. The second kappa shape index (κ2) is 3.65. The van der Waals surface area contributed by atoms with Gasteiger partial charge >= 0.3 is 6.36 Å². The quantitative estimate of drug-likeness (QED) is 0.777. The zero-order chi connectivity index (χ0) is 11.6. The van der Waals surface area contributed by atoms with Gasteiger partial charge in [0.05, 0.1) is 11.9 Å². The van der Waals surface area contributed by atoms with Gasteiger partial charge in [0.15, 0.2) is 0 Å². The number of halogens is 3. The van der Waals surface area contributed by atoms with E-state index in [-0.39, 0.29) is 16.8 Å². The highest BCUT2D eigenvalue weighted by atomic mass is 19.4. The molecule has 0 fully saturated rings. The van der Waals surface area contributed by atoms with Crippen LogP contribution in [0.3, 0.4) is 0 Å². The Morgan fingerprint density at radius 2 is 2.13 bits per heavy atom. The summed E-state index contributed by atoms with van der Waals surface area (Å²) in [5.74, 6) is -0.781. The summed E-state index contributed by atoms with van der Waals surface area (Å²) < 4.78 is 39.2. The standard InChI is InChI=1S/C8H6F3N3O/c1-4-5(2-12)7(14-3-6(4)13)15-8(9,10)11/h3H,13H2,1H3. The van der Waals surface area contributed by atoms with Crippen LogP contribution < -0.4 is 10.5 Å². The number of aromatic nitrogens is 1. The second-order valence-corrected chi connectivity index (χ2v) is 2.68. The van der Waals surface area contributed by atoms with Gasteiger partial charge in [-0.2, -0.15) is 5.26 Å². The monoisotopic (exact) mass is 217 g/mol. The van der Waals surface area contributed by atoms with Gasteiger partial charge in [-0.3, -0.25) is 0 Å². The summed E-state index contributed by atoms with van der Waals surface area (Å²) in [5, 5.41) is 8.63. The molecule has 7 heteroatoms. The molecule has 0 saturated carbocycles. The Balaban J connectivity index is 3.21. The van der Waals surface area contributed by atoms with Gasteiger partial charge in [-0.15, -0.1) is 13.2 Å². The van der Waals surface area contributed by atoms with E-state index in [1.165, 1.54) is 6.92 Å². The number of hydrogen-bond acceptors (Lipinski definition) is 4. The van der Waals surface area contributed by atoms with Gasteiger partial charge in [0.2, 0.25) is 5.88 Å². The summed E-state index contributed by atoms with van der Waals surface area (Å²) in [5.41, 5.74) is 5.42. The molecule has 0 aliphatic carbocycles. The van der Waals surface area contributed by atoms with Crippen molar-refractivity contribution in [1.82, 2.24) is 4.98 Å². The minimum atomic E-state index is -4.87. The molecule has 15 heavy (non-hydrogen) atoms. The number of alkyl halides is 3. The molecule has 1 aromatic rings. The van der Waals surface area contributed by atoms with Crippen LogP contribution in [0.2, 0.25) is 0 Å². The molecule has 0 saturated heterocycles. The average Bonchev–Trinajstić information content (AvgIpc) is 2.10. The fraction of sp³-hybridized carbons (Fsp3) is 0.250. The molecule has 0 unspecified atom stereocenters. The molecule has 0 aliphatic heterocycles. The first-order valence-corrected chi connectivity index (χ1v) is 3.76. The molecule has 0 spiro atoms. The first kappa shape index (κ1) is 11.1. The van der Waals surface area contributed by atoms with Crippen molar-refractivity contribution in [3.05, 3.63) is 17.3 Å².